The molecule has 0 aromatic rings. The molecular formula is C7H14N2O. The van der Waals surface area contributed by atoms with Gasteiger partial charge in [0.15, 0.2) is 0 Å². The minimum Gasteiger partial charge on any atom is -0.368 e. The topological polar surface area (TPSA) is 55.1 Å². The van der Waals surface area contributed by atoms with Gasteiger partial charge in [-0.15, -0.1) is 0 Å². The summed E-state index contributed by atoms with van der Waals surface area (Å²) < 4.78 is 0. The molecule has 10 heavy (non-hydrogen) atoms. The van der Waals surface area contributed by atoms with Crippen molar-refractivity contribution in [1.29, 1.82) is 0 Å². The molecular weight excluding hydrogens is 128 g/mol. The minimum atomic E-state index is -0.216. The summed E-state index contributed by atoms with van der Waals surface area (Å²) in [6, 6.07) is 0.370. The van der Waals surface area contributed by atoms with Crippen molar-refractivity contribution in [2.75, 3.05) is 0 Å². The van der Waals surface area contributed by atoms with Crippen molar-refractivity contribution in [3.63, 3.8) is 0 Å². The summed E-state index contributed by atoms with van der Waals surface area (Å²) in [7, 11) is 0. The summed E-state index contributed by atoms with van der Waals surface area (Å²) in [5, 5.41) is 3.14. The Bertz CT molecular complexity index is 136. The van der Waals surface area contributed by atoms with Crippen molar-refractivity contribution in [3.8, 4) is 0 Å². The number of carbonyl (C=O) groups is 1. The Morgan fingerprint density at radius 2 is 2.30 bits per heavy atom. The van der Waals surface area contributed by atoms with Gasteiger partial charge in [-0.05, 0) is 26.2 Å². The Balaban J connectivity index is 2.39. The monoisotopic (exact) mass is 142 g/mol. The molecule has 58 valence electrons. The van der Waals surface area contributed by atoms with Gasteiger partial charge in [-0.3, -0.25) is 4.79 Å². The zero-order valence-electron chi connectivity index (χ0n) is 6.26. The predicted molar refractivity (Wildman–Crippen MR) is 39.4 cm³/mol. The maximum Gasteiger partial charge on any atom is 0.234 e. The molecule has 0 aromatic heterocycles. The van der Waals surface area contributed by atoms with Crippen LogP contribution in [0.1, 0.15) is 26.2 Å². The van der Waals surface area contributed by atoms with Gasteiger partial charge in [0.25, 0.3) is 0 Å². The highest BCUT2D eigenvalue weighted by Gasteiger charge is 2.21. The van der Waals surface area contributed by atoms with E-state index >= 15 is 0 Å². The van der Waals surface area contributed by atoms with Crippen LogP contribution in [0, 0.1) is 0 Å². The van der Waals surface area contributed by atoms with Crippen LogP contribution >= 0.6 is 0 Å². The first-order valence-electron chi connectivity index (χ1n) is 3.75. The number of amides is 1. The maximum atomic E-state index is 10.7. The van der Waals surface area contributed by atoms with Crippen LogP contribution in [-0.4, -0.2) is 18.0 Å². The fourth-order valence-corrected chi connectivity index (χ4v) is 1.36. The molecule has 1 fully saturated rings. The number of hydrogen-bond acceptors (Lipinski definition) is 2. The highest BCUT2D eigenvalue weighted by molar-refractivity contribution is 5.79. The molecule has 3 heteroatoms. The van der Waals surface area contributed by atoms with E-state index in [2.05, 4.69) is 12.2 Å². The standard InChI is InChI=1S/C7H14N2O/c1-5-3-2-4-6(9-5)7(8)10/h5-6,9H,2-4H2,1H3,(H2,8,10). The molecule has 2 atom stereocenters. The second-order valence-electron chi connectivity index (χ2n) is 2.95. The van der Waals surface area contributed by atoms with E-state index in [1.54, 1.807) is 0 Å². The van der Waals surface area contributed by atoms with E-state index in [0.29, 0.717) is 6.04 Å². The third-order valence-electron chi connectivity index (χ3n) is 1.96. The van der Waals surface area contributed by atoms with Crippen molar-refractivity contribution >= 4 is 5.91 Å². The highest BCUT2D eigenvalue weighted by atomic mass is 16.1. The Kier molecular flexibility index (Phi) is 2.27. The molecule has 3 nitrogen and oxygen atoms in total. The third-order valence-corrected chi connectivity index (χ3v) is 1.96. The van der Waals surface area contributed by atoms with E-state index in [1.807, 2.05) is 0 Å². The van der Waals surface area contributed by atoms with Crippen molar-refractivity contribution in [3.05, 3.63) is 0 Å². The molecule has 1 aliphatic heterocycles. The van der Waals surface area contributed by atoms with E-state index in [-0.39, 0.29) is 11.9 Å². The second-order valence-corrected chi connectivity index (χ2v) is 2.95. The molecule has 3 N–H and O–H groups in total. The lowest BCUT2D eigenvalue weighted by Crippen LogP contribution is -2.48. The van der Waals surface area contributed by atoms with Crippen molar-refractivity contribution in [2.24, 2.45) is 5.73 Å². The molecule has 0 saturated carbocycles. The zero-order valence-corrected chi connectivity index (χ0v) is 6.26. The summed E-state index contributed by atoms with van der Waals surface area (Å²) >= 11 is 0. The van der Waals surface area contributed by atoms with Gasteiger partial charge in [0.05, 0.1) is 6.04 Å². The zero-order chi connectivity index (χ0) is 7.56. The number of nitrogens with one attached hydrogen (secondary N) is 1. The SMILES string of the molecule is CC1CCCC(C(N)=O)N1. The number of hydrogen-bond donors (Lipinski definition) is 2. The van der Waals surface area contributed by atoms with Crippen molar-refractivity contribution in [1.82, 2.24) is 5.32 Å². The van der Waals surface area contributed by atoms with E-state index in [1.165, 1.54) is 0 Å². The minimum absolute atomic E-state index is 0.0799. The quantitative estimate of drug-likeness (QED) is 0.541. The van der Waals surface area contributed by atoms with Gasteiger partial charge in [-0.1, -0.05) is 0 Å². The van der Waals surface area contributed by atoms with Crippen LogP contribution in [0.4, 0.5) is 0 Å². The maximum absolute atomic E-state index is 10.7. The molecule has 0 radical (unpaired) electrons. The Hall–Kier alpha value is -0.570. The molecule has 1 aliphatic rings. The lowest BCUT2D eigenvalue weighted by Gasteiger charge is -2.26. The van der Waals surface area contributed by atoms with E-state index in [9.17, 15) is 4.79 Å². The predicted octanol–water partition coefficient (Wildman–Crippen LogP) is 0.00230. The average molecular weight is 142 g/mol. The van der Waals surface area contributed by atoms with E-state index in [4.69, 9.17) is 5.73 Å². The van der Waals surface area contributed by atoms with E-state index in [0.717, 1.165) is 19.3 Å². The summed E-state index contributed by atoms with van der Waals surface area (Å²) in [5.41, 5.74) is 5.13. The molecule has 1 rings (SSSR count). The van der Waals surface area contributed by atoms with Crippen LogP contribution in [0.5, 0.6) is 0 Å². The number of primary amides is 1. The van der Waals surface area contributed by atoms with Crippen LogP contribution in [0.2, 0.25) is 0 Å². The Morgan fingerprint density at radius 1 is 1.60 bits per heavy atom. The first kappa shape index (κ1) is 7.54. The first-order chi connectivity index (χ1) is 4.70. The van der Waals surface area contributed by atoms with Gasteiger partial charge in [0.2, 0.25) is 5.91 Å². The number of rotatable bonds is 1. The number of piperidine rings is 1. The van der Waals surface area contributed by atoms with Crippen LogP contribution < -0.4 is 11.1 Å². The molecule has 2 unspecified atom stereocenters. The second kappa shape index (κ2) is 3.01. The molecule has 0 bridgehead atoms. The van der Waals surface area contributed by atoms with Crippen LogP contribution in [0.3, 0.4) is 0 Å². The van der Waals surface area contributed by atoms with Gasteiger partial charge >= 0.3 is 0 Å². The molecule has 0 aromatic carbocycles. The lowest BCUT2D eigenvalue weighted by atomic mass is 9.99. The average Bonchev–Trinajstić information content (AvgIpc) is 1.88. The smallest absolute Gasteiger partial charge is 0.234 e. The molecule has 0 aliphatic carbocycles. The largest absolute Gasteiger partial charge is 0.368 e. The lowest BCUT2D eigenvalue weighted by molar-refractivity contribution is -0.120. The van der Waals surface area contributed by atoms with Gasteiger partial charge in [0, 0.05) is 6.04 Å². The van der Waals surface area contributed by atoms with Crippen LogP contribution in [0.15, 0.2) is 0 Å². The molecule has 1 saturated heterocycles. The summed E-state index contributed by atoms with van der Waals surface area (Å²) in [5.74, 6) is -0.216. The van der Waals surface area contributed by atoms with Gasteiger partial charge < -0.3 is 11.1 Å². The van der Waals surface area contributed by atoms with Crippen LogP contribution in [0.25, 0.3) is 0 Å². The third kappa shape index (κ3) is 1.70. The molecule has 1 heterocycles. The van der Waals surface area contributed by atoms with Crippen molar-refractivity contribution in [2.45, 2.75) is 38.3 Å². The summed E-state index contributed by atoms with van der Waals surface area (Å²) in [4.78, 5) is 10.7. The van der Waals surface area contributed by atoms with Crippen LogP contribution in [-0.2, 0) is 4.79 Å². The fourth-order valence-electron chi connectivity index (χ4n) is 1.36. The number of nitrogens with two attached hydrogens (primary N) is 1. The number of carbonyl (C=O) groups excluding carboxylic acids is 1. The fraction of sp³-hybridized carbons (Fsp3) is 0.857. The van der Waals surface area contributed by atoms with Gasteiger partial charge in [-0.25, -0.2) is 0 Å². The Labute approximate surface area is 61.0 Å². The summed E-state index contributed by atoms with van der Waals surface area (Å²) in [6.45, 7) is 2.08. The first-order valence-corrected chi connectivity index (χ1v) is 3.75. The molecule has 0 spiro atoms. The Morgan fingerprint density at radius 3 is 2.70 bits per heavy atom. The van der Waals surface area contributed by atoms with Gasteiger partial charge in [0.1, 0.15) is 0 Å². The molecule has 1 amide bonds. The highest BCUT2D eigenvalue weighted by Crippen LogP contribution is 2.11. The summed E-state index contributed by atoms with van der Waals surface area (Å²) in [6.07, 6.45) is 3.17. The van der Waals surface area contributed by atoms with E-state index < -0.39 is 0 Å². The van der Waals surface area contributed by atoms with Gasteiger partial charge in [-0.2, -0.15) is 0 Å². The van der Waals surface area contributed by atoms with Crippen molar-refractivity contribution < 1.29 is 4.79 Å². The normalized spacial score (nSPS) is 33.7.